The summed E-state index contributed by atoms with van der Waals surface area (Å²) in [5, 5.41) is 9.93. The Morgan fingerprint density at radius 3 is 2.14 bits per heavy atom. The van der Waals surface area contributed by atoms with Gasteiger partial charge in [-0.3, -0.25) is 4.99 Å². The summed E-state index contributed by atoms with van der Waals surface area (Å²) in [7, 11) is 0. The van der Waals surface area contributed by atoms with Gasteiger partial charge in [-0.25, -0.2) is 9.97 Å². The Morgan fingerprint density at radius 2 is 1.46 bits per heavy atom. The molecule has 0 aliphatic carbocycles. The van der Waals surface area contributed by atoms with Gasteiger partial charge in [0.15, 0.2) is 5.82 Å². The lowest BCUT2D eigenvalue weighted by Gasteiger charge is -2.04. The molecule has 0 amide bonds. The van der Waals surface area contributed by atoms with E-state index in [1.54, 1.807) is 18.3 Å². The summed E-state index contributed by atoms with van der Waals surface area (Å²) in [5.41, 5.74) is 4.40. The summed E-state index contributed by atoms with van der Waals surface area (Å²) in [4.78, 5) is 13.4. The Balaban J connectivity index is 1.53. The maximum absolute atomic E-state index is 9.93. The molecular formula is C23H16BrN3O. The standard InChI is InChI=1S/C23H16BrN3O/c24-21-7-4-8-22(28)20(21)15-25-19-11-9-16(10-12-19)18-13-26-23(27-14-18)17-5-2-1-3-6-17/h1-15,28H. The van der Waals surface area contributed by atoms with Gasteiger partial charge in [-0.15, -0.1) is 0 Å². The van der Waals surface area contributed by atoms with Crippen molar-refractivity contribution in [3.63, 3.8) is 0 Å². The molecule has 4 nitrogen and oxygen atoms in total. The summed E-state index contributed by atoms with van der Waals surface area (Å²) in [6.07, 6.45) is 5.30. The van der Waals surface area contributed by atoms with Crippen molar-refractivity contribution >= 4 is 27.8 Å². The molecule has 0 radical (unpaired) electrons. The molecule has 5 heteroatoms. The number of aliphatic imine (C=N–C) groups is 1. The topological polar surface area (TPSA) is 58.4 Å². The molecule has 0 aliphatic rings. The largest absolute Gasteiger partial charge is 0.507 e. The SMILES string of the molecule is Oc1cccc(Br)c1C=Nc1ccc(-c2cnc(-c3ccccc3)nc2)cc1. The van der Waals surface area contributed by atoms with E-state index < -0.39 is 0 Å². The zero-order chi connectivity index (χ0) is 19.3. The van der Waals surface area contributed by atoms with Crippen LogP contribution in [0, 0.1) is 0 Å². The first-order valence-corrected chi connectivity index (χ1v) is 9.49. The highest BCUT2D eigenvalue weighted by atomic mass is 79.9. The van der Waals surface area contributed by atoms with Gasteiger partial charge in [-0.1, -0.05) is 48.5 Å². The number of phenols is 1. The van der Waals surface area contributed by atoms with Gasteiger partial charge in [0.25, 0.3) is 0 Å². The summed E-state index contributed by atoms with van der Waals surface area (Å²) in [5.74, 6) is 0.893. The number of aromatic nitrogens is 2. The van der Waals surface area contributed by atoms with E-state index in [4.69, 9.17) is 0 Å². The molecule has 0 aliphatic heterocycles. The number of nitrogens with zero attached hydrogens (tertiary/aromatic N) is 3. The van der Waals surface area contributed by atoms with Crippen molar-refractivity contribution in [1.82, 2.24) is 9.97 Å². The van der Waals surface area contributed by atoms with Crippen LogP contribution < -0.4 is 0 Å². The zero-order valence-corrected chi connectivity index (χ0v) is 16.4. The van der Waals surface area contributed by atoms with Crippen LogP contribution in [-0.2, 0) is 0 Å². The van der Waals surface area contributed by atoms with Gasteiger partial charge < -0.3 is 5.11 Å². The van der Waals surface area contributed by atoms with Crippen molar-refractivity contribution in [3.8, 4) is 28.3 Å². The zero-order valence-electron chi connectivity index (χ0n) is 14.8. The molecule has 0 bridgehead atoms. The average molecular weight is 430 g/mol. The molecule has 0 saturated carbocycles. The molecule has 136 valence electrons. The summed E-state index contributed by atoms with van der Waals surface area (Å²) < 4.78 is 0.795. The van der Waals surface area contributed by atoms with Crippen molar-refractivity contribution in [3.05, 3.63) is 95.2 Å². The van der Waals surface area contributed by atoms with E-state index in [2.05, 4.69) is 30.9 Å². The van der Waals surface area contributed by atoms with Gasteiger partial charge >= 0.3 is 0 Å². The number of benzene rings is 3. The van der Waals surface area contributed by atoms with Gasteiger partial charge in [-0.2, -0.15) is 0 Å². The normalized spacial score (nSPS) is 11.0. The third kappa shape index (κ3) is 4.00. The minimum Gasteiger partial charge on any atom is -0.507 e. The molecule has 0 unspecified atom stereocenters. The lowest BCUT2D eigenvalue weighted by atomic mass is 10.1. The van der Waals surface area contributed by atoms with E-state index in [0.717, 1.165) is 26.9 Å². The van der Waals surface area contributed by atoms with Gasteiger partial charge in [0.1, 0.15) is 5.75 Å². The van der Waals surface area contributed by atoms with Gasteiger partial charge in [0.05, 0.1) is 5.69 Å². The van der Waals surface area contributed by atoms with E-state index in [9.17, 15) is 5.11 Å². The average Bonchev–Trinajstić information content (AvgIpc) is 2.75. The second kappa shape index (κ2) is 8.15. The molecule has 4 aromatic rings. The van der Waals surface area contributed by atoms with Crippen LogP contribution >= 0.6 is 15.9 Å². The van der Waals surface area contributed by atoms with E-state index in [1.165, 1.54) is 0 Å². The Kier molecular flexibility index (Phi) is 5.26. The molecule has 1 aromatic heterocycles. The third-order valence-electron chi connectivity index (χ3n) is 4.26. The van der Waals surface area contributed by atoms with Crippen LogP contribution in [0.15, 0.2) is 94.7 Å². The molecule has 0 spiro atoms. The van der Waals surface area contributed by atoms with Crippen LogP contribution in [0.2, 0.25) is 0 Å². The van der Waals surface area contributed by atoms with Gasteiger partial charge in [0, 0.05) is 39.8 Å². The van der Waals surface area contributed by atoms with Crippen molar-refractivity contribution in [2.75, 3.05) is 0 Å². The lowest BCUT2D eigenvalue weighted by molar-refractivity contribution is 0.474. The van der Waals surface area contributed by atoms with E-state index in [-0.39, 0.29) is 5.75 Å². The predicted octanol–water partition coefficient (Wildman–Crippen LogP) is 6.03. The second-order valence-electron chi connectivity index (χ2n) is 6.14. The Labute approximate surface area is 171 Å². The number of aromatic hydroxyl groups is 1. The summed E-state index contributed by atoms with van der Waals surface area (Å²) >= 11 is 3.42. The van der Waals surface area contributed by atoms with Crippen molar-refractivity contribution in [2.24, 2.45) is 4.99 Å². The van der Waals surface area contributed by atoms with Crippen molar-refractivity contribution in [2.45, 2.75) is 0 Å². The van der Waals surface area contributed by atoms with Crippen LogP contribution in [0.1, 0.15) is 5.56 Å². The van der Waals surface area contributed by atoms with Crippen LogP contribution in [0.5, 0.6) is 5.75 Å². The number of hydrogen-bond acceptors (Lipinski definition) is 4. The first kappa shape index (κ1) is 18.1. The van der Waals surface area contributed by atoms with Crippen LogP contribution in [0.4, 0.5) is 5.69 Å². The smallest absolute Gasteiger partial charge is 0.159 e. The molecule has 1 N–H and O–H groups in total. The third-order valence-corrected chi connectivity index (χ3v) is 4.95. The van der Waals surface area contributed by atoms with Crippen LogP contribution in [0.3, 0.4) is 0 Å². The number of halogens is 1. The second-order valence-corrected chi connectivity index (χ2v) is 6.99. The number of phenolic OH excluding ortho intramolecular Hbond substituents is 1. The van der Waals surface area contributed by atoms with Crippen LogP contribution in [0.25, 0.3) is 22.5 Å². The minimum absolute atomic E-state index is 0.186. The highest BCUT2D eigenvalue weighted by molar-refractivity contribution is 9.10. The fraction of sp³-hybridized carbons (Fsp3) is 0. The molecule has 4 rings (SSSR count). The molecule has 1 heterocycles. The van der Waals surface area contributed by atoms with Crippen molar-refractivity contribution in [1.29, 1.82) is 0 Å². The monoisotopic (exact) mass is 429 g/mol. The van der Waals surface area contributed by atoms with Gasteiger partial charge in [0.2, 0.25) is 0 Å². The Bertz CT molecular complexity index is 1090. The highest BCUT2D eigenvalue weighted by Gasteiger charge is 2.04. The summed E-state index contributed by atoms with van der Waals surface area (Å²) in [6.45, 7) is 0. The lowest BCUT2D eigenvalue weighted by Crippen LogP contribution is -1.89. The maximum atomic E-state index is 9.93. The molecule has 28 heavy (non-hydrogen) atoms. The number of hydrogen-bond donors (Lipinski definition) is 1. The van der Waals surface area contributed by atoms with Crippen LogP contribution in [-0.4, -0.2) is 21.3 Å². The first-order chi connectivity index (χ1) is 13.7. The van der Waals surface area contributed by atoms with E-state index in [1.807, 2.05) is 73.1 Å². The van der Waals surface area contributed by atoms with Gasteiger partial charge in [-0.05, 0) is 45.8 Å². The quantitative estimate of drug-likeness (QED) is 0.402. The Hall–Kier alpha value is -3.31. The Morgan fingerprint density at radius 1 is 0.750 bits per heavy atom. The highest BCUT2D eigenvalue weighted by Crippen LogP contribution is 2.26. The maximum Gasteiger partial charge on any atom is 0.159 e. The minimum atomic E-state index is 0.186. The predicted molar refractivity (Wildman–Crippen MR) is 116 cm³/mol. The molecule has 0 atom stereocenters. The molecule has 0 fully saturated rings. The fourth-order valence-electron chi connectivity index (χ4n) is 2.75. The fourth-order valence-corrected chi connectivity index (χ4v) is 3.20. The molecule has 0 saturated heterocycles. The van der Waals surface area contributed by atoms with E-state index >= 15 is 0 Å². The molecule has 3 aromatic carbocycles. The molecular weight excluding hydrogens is 414 g/mol. The van der Waals surface area contributed by atoms with Crippen molar-refractivity contribution < 1.29 is 5.11 Å². The number of rotatable bonds is 4. The summed E-state index contributed by atoms with van der Waals surface area (Å²) in [6, 6.07) is 23.0. The van der Waals surface area contributed by atoms with E-state index in [0.29, 0.717) is 11.4 Å². The first-order valence-electron chi connectivity index (χ1n) is 8.70.